The van der Waals surface area contributed by atoms with E-state index in [1.165, 1.54) is 18.9 Å². The van der Waals surface area contributed by atoms with Crippen molar-refractivity contribution < 1.29 is 8.78 Å². The summed E-state index contributed by atoms with van der Waals surface area (Å²) in [6, 6.07) is 5.18. The van der Waals surface area contributed by atoms with Gasteiger partial charge in [-0.05, 0) is 39.8 Å². The van der Waals surface area contributed by atoms with E-state index in [2.05, 4.69) is 42.1 Å². The third kappa shape index (κ3) is 5.07. The molecule has 0 amide bonds. The highest BCUT2D eigenvalue weighted by Crippen LogP contribution is 2.36. The van der Waals surface area contributed by atoms with Crippen LogP contribution in [-0.2, 0) is 5.54 Å². The van der Waals surface area contributed by atoms with Crippen LogP contribution in [0.3, 0.4) is 0 Å². The monoisotopic (exact) mass is 381 g/mol. The molecule has 2 aromatic rings. The van der Waals surface area contributed by atoms with Gasteiger partial charge in [0.15, 0.2) is 5.82 Å². The maximum absolute atomic E-state index is 14.0. The molecule has 0 radical (unpaired) electrons. The van der Waals surface area contributed by atoms with Gasteiger partial charge in [-0.2, -0.15) is 0 Å². The maximum atomic E-state index is 14.0. The maximum Gasteiger partial charge on any atom is 0.151 e. The number of nitrogens with zero attached hydrogens (tertiary/aromatic N) is 3. The SMILES string of the molecule is CC.CC(C)n1c(C(C)(C)N2CC(F)C2)nc2c(F)cccc21.CCCC. The van der Waals surface area contributed by atoms with Crippen molar-refractivity contribution in [3.63, 3.8) is 0 Å². The van der Waals surface area contributed by atoms with Crippen molar-refractivity contribution in [1.82, 2.24) is 14.5 Å². The molecule has 1 aromatic carbocycles. The highest BCUT2D eigenvalue weighted by atomic mass is 19.1. The number of likely N-dealkylation sites (tertiary alicyclic amines) is 1. The highest BCUT2D eigenvalue weighted by Gasteiger charge is 2.42. The van der Waals surface area contributed by atoms with E-state index in [1.807, 2.05) is 33.8 Å². The van der Waals surface area contributed by atoms with Gasteiger partial charge in [0.1, 0.15) is 17.5 Å². The fraction of sp³-hybridized carbons (Fsp3) is 0.682. The molecular formula is C22H37F2N3. The number of aromatic nitrogens is 2. The van der Waals surface area contributed by atoms with Gasteiger partial charge in [0.25, 0.3) is 0 Å². The van der Waals surface area contributed by atoms with Gasteiger partial charge >= 0.3 is 0 Å². The number of alkyl halides is 1. The molecule has 2 heterocycles. The Balaban J connectivity index is 0.000000541. The minimum atomic E-state index is -0.766. The fourth-order valence-electron chi connectivity index (χ4n) is 3.06. The Kier molecular flexibility index (Phi) is 8.86. The quantitative estimate of drug-likeness (QED) is 0.604. The van der Waals surface area contributed by atoms with Crippen LogP contribution in [0.5, 0.6) is 0 Å². The van der Waals surface area contributed by atoms with Gasteiger partial charge in [-0.25, -0.2) is 13.8 Å². The Hall–Kier alpha value is -1.49. The minimum absolute atomic E-state index is 0.161. The van der Waals surface area contributed by atoms with Crippen molar-refractivity contribution >= 4 is 11.0 Å². The van der Waals surface area contributed by atoms with Gasteiger partial charge in [-0.1, -0.05) is 46.6 Å². The van der Waals surface area contributed by atoms with E-state index in [1.54, 1.807) is 6.07 Å². The minimum Gasteiger partial charge on any atom is -0.324 e. The lowest BCUT2D eigenvalue weighted by atomic mass is 9.96. The number of imidazole rings is 1. The largest absolute Gasteiger partial charge is 0.324 e. The predicted molar refractivity (Wildman–Crippen MR) is 112 cm³/mol. The third-order valence-corrected chi connectivity index (χ3v) is 4.86. The molecule has 27 heavy (non-hydrogen) atoms. The summed E-state index contributed by atoms with van der Waals surface area (Å²) in [4.78, 5) is 6.61. The number of halogens is 2. The van der Waals surface area contributed by atoms with Gasteiger partial charge in [0, 0.05) is 19.1 Å². The average Bonchev–Trinajstić information content (AvgIpc) is 3.03. The molecule has 0 spiro atoms. The zero-order valence-corrected chi connectivity index (χ0v) is 18.3. The summed E-state index contributed by atoms with van der Waals surface area (Å²) in [6.07, 6.45) is 1.87. The second-order valence-corrected chi connectivity index (χ2v) is 7.57. The van der Waals surface area contributed by atoms with E-state index in [9.17, 15) is 8.78 Å². The topological polar surface area (TPSA) is 21.1 Å². The van der Waals surface area contributed by atoms with Crippen molar-refractivity contribution in [3.8, 4) is 0 Å². The van der Waals surface area contributed by atoms with Crippen molar-refractivity contribution in [2.75, 3.05) is 13.1 Å². The second kappa shape index (κ2) is 10.2. The number of para-hydroxylation sites is 1. The molecule has 0 N–H and O–H groups in total. The van der Waals surface area contributed by atoms with Crippen LogP contribution in [0.2, 0.25) is 0 Å². The fourth-order valence-corrected chi connectivity index (χ4v) is 3.06. The smallest absolute Gasteiger partial charge is 0.151 e. The summed E-state index contributed by atoms with van der Waals surface area (Å²) >= 11 is 0. The number of hydrogen-bond donors (Lipinski definition) is 0. The molecule has 154 valence electrons. The standard InChI is InChI=1S/C16H21F2N3.C4H10.C2H6/c1-10(2)21-13-7-5-6-12(18)14(13)19-15(21)16(3,4)20-8-11(17)9-20;1-3-4-2;1-2/h5-7,10-11H,8-9H2,1-4H3;3-4H2,1-2H3;1-2H3. The third-order valence-electron chi connectivity index (χ3n) is 4.86. The first-order valence-electron chi connectivity index (χ1n) is 10.3. The zero-order valence-electron chi connectivity index (χ0n) is 18.3. The van der Waals surface area contributed by atoms with Crippen LogP contribution in [0.1, 0.15) is 80.1 Å². The van der Waals surface area contributed by atoms with Crippen LogP contribution in [-0.4, -0.2) is 33.7 Å². The molecule has 3 nitrogen and oxygen atoms in total. The molecule has 1 aliphatic heterocycles. The lowest BCUT2D eigenvalue weighted by Gasteiger charge is -2.46. The van der Waals surface area contributed by atoms with E-state index in [0.29, 0.717) is 18.6 Å². The Bertz CT molecular complexity index is 699. The van der Waals surface area contributed by atoms with Crippen molar-refractivity contribution in [1.29, 1.82) is 0 Å². The van der Waals surface area contributed by atoms with Crippen molar-refractivity contribution in [3.05, 3.63) is 29.8 Å². The molecule has 0 saturated carbocycles. The first-order valence-corrected chi connectivity index (χ1v) is 10.3. The molecule has 5 heteroatoms. The second-order valence-electron chi connectivity index (χ2n) is 7.57. The van der Waals surface area contributed by atoms with Crippen molar-refractivity contribution in [2.45, 2.75) is 86.0 Å². The molecule has 0 aliphatic carbocycles. The van der Waals surface area contributed by atoms with Crippen LogP contribution < -0.4 is 0 Å². The molecule has 0 unspecified atom stereocenters. The Morgan fingerprint density at radius 3 is 2.15 bits per heavy atom. The molecule has 1 fully saturated rings. The van der Waals surface area contributed by atoms with E-state index >= 15 is 0 Å². The lowest BCUT2D eigenvalue weighted by molar-refractivity contribution is -0.0220. The lowest BCUT2D eigenvalue weighted by Crippen LogP contribution is -2.57. The number of benzene rings is 1. The number of unbranched alkanes of at least 4 members (excludes halogenated alkanes) is 1. The summed E-state index contributed by atoms with van der Waals surface area (Å²) in [5.41, 5.74) is 0.773. The molecular weight excluding hydrogens is 344 g/mol. The van der Waals surface area contributed by atoms with E-state index < -0.39 is 11.7 Å². The van der Waals surface area contributed by atoms with Crippen LogP contribution in [0.25, 0.3) is 11.0 Å². The highest BCUT2D eigenvalue weighted by molar-refractivity contribution is 5.77. The Morgan fingerprint density at radius 1 is 1.15 bits per heavy atom. The van der Waals surface area contributed by atoms with Gasteiger partial charge in [0.05, 0.1) is 11.1 Å². The van der Waals surface area contributed by atoms with Crippen LogP contribution in [0, 0.1) is 5.82 Å². The molecule has 0 bridgehead atoms. The summed E-state index contributed by atoms with van der Waals surface area (Å²) < 4.78 is 29.3. The van der Waals surface area contributed by atoms with Gasteiger partial charge in [-0.15, -0.1) is 0 Å². The van der Waals surface area contributed by atoms with Crippen LogP contribution >= 0.6 is 0 Å². The van der Waals surface area contributed by atoms with E-state index in [-0.39, 0.29) is 11.9 Å². The first kappa shape index (κ1) is 23.5. The van der Waals surface area contributed by atoms with Gasteiger partial charge in [0.2, 0.25) is 0 Å². The molecule has 0 atom stereocenters. The molecule has 1 saturated heterocycles. The number of fused-ring (bicyclic) bond motifs is 1. The van der Waals surface area contributed by atoms with E-state index in [4.69, 9.17) is 0 Å². The number of hydrogen-bond acceptors (Lipinski definition) is 2. The Labute approximate surface area is 163 Å². The Morgan fingerprint density at radius 2 is 1.70 bits per heavy atom. The summed E-state index contributed by atoms with van der Waals surface area (Å²) in [5.74, 6) is 0.487. The number of rotatable bonds is 4. The van der Waals surface area contributed by atoms with E-state index in [0.717, 1.165) is 11.3 Å². The van der Waals surface area contributed by atoms with Crippen LogP contribution in [0.4, 0.5) is 8.78 Å². The van der Waals surface area contributed by atoms with Crippen molar-refractivity contribution in [2.24, 2.45) is 0 Å². The summed E-state index contributed by atoms with van der Waals surface area (Å²) in [5, 5.41) is 0. The summed E-state index contributed by atoms with van der Waals surface area (Å²) in [7, 11) is 0. The molecule has 1 aromatic heterocycles. The predicted octanol–water partition coefficient (Wildman–Crippen LogP) is 6.48. The normalized spacial score (nSPS) is 15.1. The average molecular weight is 382 g/mol. The molecule has 1 aliphatic rings. The summed E-state index contributed by atoms with van der Waals surface area (Å²) in [6.45, 7) is 17.3. The van der Waals surface area contributed by atoms with Gasteiger partial charge < -0.3 is 4.57 Å². The van der Waals surface area contributed by atoms with Crippen LogP contribution in [0.15, 0.2) is 18.2 Å². The first-order chi connectivity index (χ1) is 12.7. The molecule has 3 rings (SSSR count). The zero-order chi connectivity index (χ0) is 20.8. The van der Waals surface area contributed by atoms with Gasteiger partial charge in [-0.3, -0.25) is 4.90 Å².